The molecule has 0 aromatic carbocycles. The van der Waals surface area contributed by atoms with Crippen LogP contribution in [0.4, 0.5) is 11.5 Å². The summed E-state index contributed by atoms with van der Waals surface area (Å²) in [5, 5.41) is 8.02. The molecule has 3 heterocycles. The molecule has 0 radical (unpaired) electrons. The summed E-state index contributed by atoms with van der Waals surface area (Å²) in [6.07, 6.45) is 7.49. The molecule has 3 aromatic heterocycles. The van der Waals surface area contributed by atoms with Crippen LogP contribution < -0.4 is 10.9 Å². The molecule has 0 saturated heterocycles. The van der Waals surface area contributed by atoms with Crippen LogP contribution in [0.15, 0.2) is 29.5 Å². The molecule has 0 aliphatic heterocycles. The number of aromatic amines is 1. The van der Waals surface area contributed by atoms with Gasteiger partial charge in [-0.1, -0.05) is 0 Å². The van der Waals surface area contributed by atoms with Gasteiger partial charge in [0.15, 0.2) is 0 Å². The van der Waals surface area contributed by atoms with E-state index in [1.807, 2.05) is 16.9 Å². The van der Waals surface area contributed by atoms with E-state index >= 15 is 0 Å². The number of nitrogens with one attached hydrogen (secondary N) is 2. The Morgan fingerprint density at radius 3 is 2.87 bits per heavy atom. The van der Waals surface area contributed by atoms with E-state index in [2.05, 4.69) is 39.2 Å². The average molecular weight is 310 g/mol. The number of hydrogen-bond acceptors (Lipinski definition) is 5. The summed E-state index contributed by atoms with van der Waals surface area (Å²) in [5.41, 5.74) is 1.29. The summed E-state index contributed by atoms with van der Waals surface area (Å²) in [6.45, 7) is 4.12. The van der Waals surface area contributed by atoms with Crippen LogP contribution in [-0.4, -0.2) is 24.7 Å². The van der Waals surface area contributed by atoms with Crippen LogP contribution in [0.25, 0.3) is 10.9 Å². The van der Waals surface area contributed by atoms with Crippen LogP contribution in [0.2, 0.25) is 0 Å². The van der Waals surface area contributed by atoms with E-state index < -0.39 is 0 Å². The van der Waals surface area contributed by atoms with Crippen LogP contribution in [0.5, 0.6) is 0 Å². The predicted octanol–water partition coefficient (Wildman–Crippen LogP) is 2.72. The van der Waals surface area contributed by atoms with Crippen LogP contribution in [0, 0.1) is 0 Å². The molecule has 7 nitrogen and oxygen atoms in total. The molecule has 3 aromatic rings. The Morgan fingerprint density at radius 1 is 1.35 bits per heavy atom. The zero-order chi connectivity index (χ0) is 16.0. The van der Waals surface area contributed by atoms with E-state index in [-0.39, 0.29) is 11.6 Å². The number of nitrogens with zero attached hydrogens (tertiary/aromatic N) is 4. The minimum atomic E-state index is -0.191. The van der Waals surface area contributed by atoms with E-state index in [9.17, 15) is 4.79 Å². The molecule has 23 heavy (non-hydrogen) atoms. The molecular formula is C16H18N6O. The molecular weight excluding hydrogens is 292 g/mol. The number of fused-ring (bicyclic) bond motifs is 1. The largest absolute Gasteiger partial charge is 0.337 e. The first-order valence-corrected chi connectivity index (χ1v) is 7.82. The second kappa shape index (κ2) is 5.19. The van der Waals surface area contributed by atoms with Crippen molar-refractivity contribution in [1.82, 2.24) is 24.7 Å². The SMILES string of the molecule is CC(C)n1cc(Nc2nc(C3CC3)nc3cc[nH]c(=O)c23)cn1. The van der Waals surface area contributed by atoms with Gasteiger partial charge in [0.25, 0.3) is 5.56 Å². The third kappa shape index (κ3) is 2.58. The molecule has 7 heteroatoms. The molecule has 0 unspecified atom stereocenters. The fourth-order valence-corrected chi connectivity index (χ4v) is 2.55. The maximum atomic E-state index is 12.2. The molecule has 1 aliphatic rings. The lowest BCUT2D eigenvalue weighted by Gasteiger charge is -2.09. The maximum absolute atomic E-state index is 12.2. The Balaban J connectivity index is 1.81. The molecule has 1 aliphatic carbocycles. The van der Waals surface area contributed by atoms with Crippen molar-refractivity contribution >= 4 is 22.4 Å². The minimum absolute atomic E-state index is 0.191. The van der Waals surface area contributed by atoms with Crippen molar-refractivity contribution in [2.45, 2.75) is 38.6 Å². The van der Waals surface area contributed by atoms with E-state index in [0.717, 1.165) is 24.4 Å². The van der Waals surface area contributed by atoms with Gasteiger partial charge in [0.05, 0.1) is 17.4 Å². The quantitative estimate of drug-likeness (QED) is 0.773. The van der Waals surface area contributed by atoms with Crippen molar-refractivity contribution in [3.8, 4) is 0 Å². The average Bonchev–Trinajstić information content (AvgIpc) is 3.26. The van der Waals surface area contributed by atoms with Gasteiger partial charge < -0.3 is 10.3 Å². The summed E-state index contributed by atoms with van der Waals surface area (Å²) in [5.74, 6) is 1.77. The number of rotatable bonds is 4. The van der Waals surface area contributed by atoms with Crippen molar-refractivity contribution < 1.29 is 0 Å². The van der Waals surface area contributed by atoms with E-state index in [1.165, 1.54) is 0 Å². The van der Waals surface area contributed by atoms with Crippen molar-refractivity contribution in [3.63, 3.8) is 0 Å². The second-order valence-corrected chi connectivity index (χ2v) is 6.20. The van der Waals surface area contributed by atoms with Gasteiger partial charge in [-0.25, -0.2) is 9.97 Å². The molecule has 0 atom stereocenters. The Bertz CT molecular complexity index is 922. The fourth-order valence-electron chi connectivity index (χ4n) is 2.55. The van der Waals surface area contributed by atoms with Gasteiger partial charge in [0.2, 0.25) is 0 Å². The third-order valence-corrected chi connectivity index (χ3v) is 3.97. The lowest BCUT2D eigenvalue weighted by Crippen LogP contribution is -2.11. The van der Waals surface area contributed by atoms with Gasteiger partial charge in [0.1, 0.15) is 17.0 Å². The number of aromatic nitrogens is 5. The van der Waals surface area contributed by atoms with Crippen LogP contribution >= 0.6 is 0 Å². The molecule has 4 rings (SSSR count). The number of pyridine rings is 1. The zero-order valence-electron chi connectivity index (χ0n) is 13.1. The highest BCUT2D eigenvalue weighted by Gasteiger charge is 2.28. The fraction of sp³-hybridized carbons (Fsp3) is 0.375. The molecule has 2 N–H and O–H groups in total. The van der Waals surface area contributed by atoms with Gasteiger partial charge in [-0.3, -0.25) is 9.48 Å². The van der Waals surface area contributed by atoms with Crippen molar-refractivity contribution in [2.24, 2.45) is 0 Å². The maximum Gasteiger partial charge on any atom is 0.261 e. The van der Waals surface area contributed by atoms with Crippen molar-refractivity contribution in [1.29, 1.82) is 0 Å². The number of H-pyrrole nitrogens is 1. The third-order valence-electron chi connectivity index (χ3n) is 3.97. The lowest BCUT2D eigenvalue weighted by atomic mass is 10.2. The standard InChI is InChI=1S/C16H18N6O/c1-9(2)22-8-11(7-18-22)19-15-13-12(5-6-17-16(13)23)20-14(21-15)10-3-4-10/h5-10H,3-4H2,1-2H3,(H,17,23)(H,19,20,21). The monoisotopic (exact) mass is 310 g/mol. The van der Waals surface area contributed by atoms with Crippen molar-refractivity contribution in [3.05, 3.63) is 40.8 Å². The molecule has 0 spiro atoms. The normalized spacial score (nSPS) is 14.6. The first-order chi connectivity index (χ1) is 11.1. The highest BCUT2D eigenvalue weighted by atomic mass is 16.1. The lowest BCUT2D eigenvalue weighted by molar-refractivity contribution is 0.532. The molecule has 0 amide bonds. The number of hydrogen-bond donors (Lipinski definition) is 2. The van der Waals surface area contributed by atoms with Gasteiger partial charge in [-0.05, 0) is 32.8 Å². The van der Waals surface area contributed by atoms with E-state index in [0.29, 0.717) is 22.6 Å². The van der Waals surface area contributed by atoms with Crippen LogP contribution in [-0.2, 0) is 0 Å². The zero-order valence-corrected chi connectivity index (χ0v) is 13.1. The smallest absolute Gasteiger partial charge is 0.261 e. The highest BCUT2D eigenvalue weighted by Crippen LogP contribution is 2.39. The summed E-state index contributed by atoms with van der Waals surface area (Å²) in [6, 6.07) is 2.09. The predicted molar refractivity (Wildman–Crippen MR) is 88.0 cm³/mol. The van der Waals surface area contributed by atoms with E-state index in [4.69, 9.17) is 0 Å². The molecule has 0 bridgehead atoms. The van der Waals surface area contributed by atoms with Crippen LogP contribution in [0.1, 0.15) is 44.5 Å². The first-order valence-electron chi connectivity index (χ1n) is 7.82. The number of anilines is 2. The Kier molecular flexibility index (Phi) is 3.14. The highest BCUT2D eigenvalue weighted by molar-refractivity contribution is 5.89. The molecule has 118 valence electrons. The van der Waals surface area contributed by atoms with Gasteiger partial charge in [0, 0.05) is 24.4 Å². The molecule has 1 fully saturated rings. The van der Waals surface area contributed by atoms with Crippen LogP contribution in [0.3, 0.4) is 0 Å². The van der Waals surface area contributed by atoms with Crippen molar-refractivity contribution in [2.75, 3.05) is 5.32 Å². The summed E-state index contributed by atoms with van der Waals surface area (Å²) in [4.78, 5) is 24.0. The second-order valence-electron chi connectivity index (χ2n) is 6.20. The Hall–Kier alpha value is -2.70. The van der Waals surface area contributed by atoms with E-state index in [1.54, 1.807) is 12.4 Å². The van der Waals surface area contributed by atoms with Gasteiger partial charge >= 0.3 is 0 Å². The summed E-state index contributed by atoms with van der Waals surface area (Å²) >= 11 is 0. The van der Waals surface area contributed by atoms with Gasteiger partial charge in [-0.15, -0.1) is 0 Å². The summed E-state index contributed by atoms with van der Waals surface area (Å²) in [7, 11) is 0. The Labute approximate surface area is 132 Å². The van der Waals surface area contributed by atoms with Gasteiger partial charge in [-0.2, -0.15) is 5.10 Å². The minimum Gasteiger partial charge on any atom is -0.337 e. The summed E-state index contributed by atoms with van der Waals surface area (Å²) < 4.78 is 1.86. The Morgan fingerprint density at radius 2 is 2.17 bits per heavy atom. The molecule has 1 saturated carbocycles. The topological polar surface area (TPSA) is 88.5 Å². The first kappa shape index (κ1) is 13.9.